The minimum atomic E-state index is -1.06. The van der Waals surface area contributed by atoms with E-state index in [9.17, 15) is 14.7 Å². The number of ether oxygens (including phenoxy) is 1. The van der Waals surface area contributed by atoms with Crippen molar-refractivity contribution in [2.75, 3.05) is 13.2 Å². The summed E-state index contributed by atoms with van der Waals surface area (Å²) in [6.07, 6.45) is 3.11. The number of carbonyl (C=O) groups is 2. The van der Waals surface area contributed by atoms with E-state index in [4.69, 9.17) is 4.74 Å². The van der Waals surface area contributed by atoms with Gasteiger partial charge < -0.3 is 15.2 Å². The first-order chi connectivity index (χ1) is 9.02. The van der Waals surface area contributed by atoms with Crippen molar-refractivity contribution in [1.29, 1.82) is 0 Å². The highest BCUT2D eigenvalue weighted by Gasteiger charge is 2.47. The van der Waals surface area contributed by atoms with Crippen LogP contribution < -0.4 is 5.32 Å². The van der Waals surface area contributed by atoms with E-state index in [1.807, 2.05) is 17.5 Å². The first-order valence-electron chi connectivity index (χ1n) is 5.85. The number of amides is 1. The van der Waals surface area contributed by atoms with Gasteiger partial charge >= 0.3 is 5.97 Å². The lowest BCUT2D eigenvalue weighted by Gasteiger charge is -2.24. The fourth-order valence-electron chi connectivity index (χ4n) is 1.85. The molecule has 2 heterocycles. The second kappa shape index (κ2) is 5.54. The normalized spacial score (nSPS) is 26.7. The molecule has 1 aliphatic rings. The van der Waals surface area contributed by atoms with Gasteiger partial charge in [-0.15, -0.1) is 11.3 Å². The molecule has 2 N–H and O–H groups in total. The van der Waals surface area contributed by atoms with E-state index in [-0.39, 0.29) is 19.1 Å². The van der Waals surface area contributed by atoms with Gasteiger partial charge in [0.2, 0.25) is 5.91 Å². The quantitative estimate of drug-likeness (QED) is 0.817. The molecule has 1 fully saturated rings. The van der Waals surface area contributed by atoms with E-state index in [0.29, 0.717) is 0 Å². The maximum absolute atomic E-state index is 11.8. The number of carboxylic acid groups (broad SMARTS) is 1. The van der Waals surface area contributed by atoms with Crippen molar-refractivity contribution in [1.82, 2.24) is 5.32 Å². The van der Waals surface area contributed by atoms with Crippen molar-refractivity contribution in [3.8, 4) is 0 Å². The van der Waals surface area contributed by atoms with Gasteiger partial charge in [-0.05, 0) is 24.4 Å². The van der Waals surface area contributed by atoms with Crippen LogP contribution >= 0.6 is 11.3 Å². The largest absolute Gasteiger partial charge is 0.481 e. The second-order valence-corrected chi connectivity index (χ2v) is 5.63. The summed E-state index contributed by atoms with van der Waals surface area (Å²) < 4.78 is 5.17. The molecule has 1 saturated heterocycles. The number of nitrogens with one attached hydrogen (secondary N) is 1. The molecular formula is C13H15NO4S. The molecule has 1 aromatic rings. The lowest BCUT2D eigenvalue weighted by molar-refractivity contribution is -0.148. The summed E-state index contributed by atoms with van der Waals surface area (Å²) in [5, 5.41) is 13.8. The zero-order chi connectivity index (χ0) is 13.9. The van der Waals surface area contributed by atoms with Crippen molar-refractivity contribution in [3.63, 3.8) is 0 Å². The lowest BCUT2D eigenvalue weighted by atomic mass is 9.85. The van der Waals surface area contributed by atoms with Crippen molar-refractivity contribution >= 4 is 29.3 Å². The third-order valence-corrected chi connectivity index (χ3v) is 4.04. The minimum absolute atomic E-state index is 0.113. The summed E-state index contributed by atoms with van der Waals surface area (Å²) in [6.45, 7) is 1.92. The monoisotopic (exact) mass is 281 g/mol. The maximum atomic E-state index is 11.8. The predicted molar refractivity (Wildman–Crippen MR) is 71.8 cm³/mol. The molecule has 19 heavy (non-hydrogen) atoms. The lowest BCUT2D eigenvalue weighted by Crippen LogP contribution is -2.49. The average Bonchev–Trinajstić information content (AvgIpc) is 2.98. The fraction of sp³-hybridized carbons (Fsp3) is 0.385. The molecule has 0 bridgehead atoms. The van der Waals surface area contributed by atoms with Crippen molar-refractivity contribution in [2.24, 2.45) is 5.41 Å². The van der Waals surface area contributed by atoms with Gasteiger partial charge in [0.25, 0.3) is 0 Å². The summed E-state index contributed by atoms with van der Waals surface area (Å²) in [6, 6.07) is 3.29. The summed E-state index contributed by atoms with van der Waals surface area (Å²) in [5.41, 5.74) is -1.06. The topological polar surface area (TPSA) is 75.6 Å². The fourth-order valence-corrected chi connectivity index (χ4v) is 2.47. The Morgan fingerprint density at radius 2 is 2.42 bits per heavy atom. The molecule has 2 atom stereocenters. The molecular weight excluding hydrogens is 266 g/mol. The van der Waals surface area contributed by atoms with Crippen LogP contribution in [0.3, 0.4) is 0 Å². The zero-order valence-corrected chi connectivity index (χ0v) is 11.3. The predicted octanol–water partition coefficient (Wildman–Crippen LogP) is 1.37. The van der Waals surface area contributed by atoms with Gasteiger partial charge in [0.1, 0.15) is 5.41 Å². The van der Waals surface area contributed by atoms with Crippen LogP contribution in [-0.4, -0.2) is 36.2 Å². The third kappa shape index (κ3) is 3.02. The summed E-state index contributed by atoms with van der Waals surface area (Å²) in [4.78, 5) is 23.9. The smallest absolute Gasteiger partial charge is 0.313 e. The summed E-state index contributed by atoms with van der Waals surface area (Å²) >= 11 is 1.53. The summed E-state index contributed by atoms with van der Waals surface area (Å²) in [5.74, 6) is -1.27. The Kier molecular flexibility index (Phi) is 4.01. The molecule has 102 valence electrons. The van der Waals surface area contributed by atoms with Crippen LogP contribution in [0, 0.1) is 5.41 Å². The van der Waals surface area contributed by atoms with Gasteiger partial charge in [-0.1, -0.05) is 6.07 Å². The highest BCUT2D eigenvalue weighted by atomic mass is 32.1. The van der Waals surface area contributed by atoms with E-state index in [1.54, 1.807) is 13.0 Å². The van der Waals surface area contributed by atoms with E-state index < -0.39 is 17.4 Å². The van der Waals surface area contributed by atoms with Crippen molar-refractivity contribution < 1.29 is 19.4 Å². The Labute approximate surface area is 114 Å². The molecule has 0 radical (unpaired) electrons. The maximum Gasteiger partial charge on any atom is 0.313 e. The molecule has 0 spiro atoms. The Morgan fingerprint density at radius 3 is 3.05 bits per heavy atom. The Hall–Kier alpha value is -1.66. The SMILES string of the molecule is CC1(C(=O)O)COCC1NC(=O)C=Cc1cccs1. The number of thiophene rings is 1. The van der Waals surface area contributed by atoms with Gasteiger partial charge in [-0.3, -0.25) is 9.59 Å². The Morgan fingerprint density at radius 1 is 1.63 bits per heavy atom. The van der Waals surface area contributed by atoms with E-state index >= 15 is 0 Å². The Bertz CT molecular complexity index is 497. The van der Waals surface area contributed by atoms with Gasteiger partial charge in [-0.25, -0.2) is 0 Å². The number of aliphatic carboxylic acids is 1. The first kappa shape index (κ1) is 13.8. The van der Waals surface area contributed by atoms with Gasteiger partial charge in [-0.2, -0.15) is 0 Å². The molecule has 2 rings (SSSR count). The van der Waals surface area contributed by atoms with Crippen LogP contribution in [0.2, 0.25) is 0 Å². The number of carbonyl (C=O) groups excluding carboxylic acids is 1. The molecule has 0 aromatic carbocycles. The van der Waals surface area contributed by atoms with Crippen LogP contribution in [0.1, 0.15) is 11.8 Å². The molecule has 2 unspecified atom stereocenters. The highest BCUT2D eigenvalue weighted by molar-refractivity contribution is 7.10. The minimum Gasteiger partial charge on any atom is -0.481 e. The van der Waals surface area contributed by atoms with Crippen LogP contribution in [0.4, 0.5) is 0 Å². The first-order valence-corrected chi connectivity index (χ1v) is 6.73. The number of hydrogen-bond acceptors (Lipinski definition) is 4. The third-order valence-electron chi connectivity index (χ3n) is 3.20. The van der Waals surface area contributed by atoms with Crippen LogP contribution in [0.5, 0.6) is 0 Å². The zero-order valence-electron chi connectivity index (χ0n) is 10.5. The second-order valence-electron chi connectivity index (χ2n) is 4.65. The molecule has 0 saturated carbocycles. The highest BCUT2D eigenvalue weighted by Crippen LogP contribution is 2.28. The van der Waals surface area contributed by atoms with Crippen molar-refractivity contribution in [3.05, 3.63) is 28.5 Å². The van der Waals surface area contributed by atoms with E-state index in [2.05, 4.69) is 5.32 Å². The average molecular weight is 281 g/mol. The van der Waals surface area contributed by atoms with Crippen LogP contribution in [0.15, 0.2) is 23.6 Å². The molecule has 1 amide bonds. The van der Waals surface area contributed by atoms with Gasteiger partial charge in [0.15, 0.2) is 0 Å². The Balaban J connectivity index is 1.97. The number of hydrogen-bond donors (Lipinski definition) is 2. The molecule has 6 heteroatoms. The summed E-state index contributed by atoms with van der Waals surface area (Å²) in [7, 11) is 0. The van der Waals surface area contributed by atoms with Crippen LogP contribution in [-0.2, 0) is 14.3 Å². The number of carboxylic acids is 1. The van der Waals surface area contributed by atoms with E-state index in [1.165, 1.54) is 17.4 Å². The molecule has 5 nitrogen and oxygen atoms in total. The molecule has 1 aliphatic heterocycles. The standard InChI is InChI=1S/C13H15NO4S/c1-13(12(16)17)8-18-7-10(13)14-11(15)5-4-9-3-2-6-19-9/h2-6,10H,7-8H2,1H3,(H,14,15)(H,16,17). The van der Waals surface area contributed by atoms with E-state index in [0.717, 1.165) is 4.88 Å². The molecule has 1 aromatic heterocycles. The van der Waals surface area contributed by atoms with Crippen LogP contribution in [0.25, 0.3) is 6.08 Å². The van der Waals surface area contributed by atoms with Crippen molar-refractivity contribution in [2.45, 2.75) is 13.0 Å². The molecule has 0 aliphatic carbocycles. The number of rotatable bonds is 4. The van der Waals surface area contributed by atoms with Gasteiger partial charge in [0.05, 0.1) is 19.3 Å². The van der Waals surface area contributed by atoms with Gasteiger partial charge in [0, 0.05) is 11.0 Å².